The SMILES string of the molecule is C=C1CC[C@@H]2[C@](C)(CO)[C@H](O)CC[C@@]2(C)[C@@H]1C/C=C1/C(=O)OCC1OC(=O)CSc1ccc(F)cc1. The first-order chi connectivity index (χ1) is 17.1. The van der Waals surface area contributed by atoms with Crippen LogP contribution in [-0.2, 0) is 19.1 Å². The molecule has 0 radical (unpaired) electrons. The average Bonchev–Trinajstić information content (AvgIpc) is 3.19. The van der Waals surface area contributed by atoms with Crippen LogP contribution in [0.1, 0.15) is 46.0 Å². The van der Waals surface area contributed by atoms with E-state index in [1.54, 1.807) is 12.1 Å². The summed E-state index contributed by atoms with van der Waals surface area (Å²) in [6, 6.07) is 5.85. The second-order valence-corrected chi connectivity index (χ2v) is 11.8. The molecule has 1 unspecified atom stereocenters. The zero-order valence-corrected chi connectivity index (χ0v) is 21.7. The Morgan fingerprint density at radius 3 is 2.72 bits per heavy atom. The smallest absolute Gasteiger partial charge is 0.337 e. The first kappa shape index (κ1) is 26.9. The van der Waals surface area contributed by atoms with Crippen molar-refractivity contribution in [3.05, 3.63) is 53.9 Å². The maximum atomic E-state index is 13.1. The predicted molar refractivity (Wildman–Crippen MR) is 135 cm³/mol. The van der Waals surface area contributed by atoms with Crippen LogP contribution < -0.4 is 0 Å². The highest BCUT2D eigenvalue weighted by Gasteiger charge is 2.57. The monoisotopic (exact) mass is 518 g/mol. The molecule has 1 aliphatic heterocycles. The van der Waals surface area contributed by atoms with Gasteiger partial charge in [0, 0.05) is 10.3 Å². The van der Waals surface area contributed by atoms with E-state index in [0.717, 1.165) is 29.7 Å². The summed E-state index contributed by atoms with van der Waals surface area (Å²) in [4.78, 5) is 25.7. The molecular formula is C28H35FO6S. The van der Waals surface area contributed by atoms with Crippen molar-refractivity contribution in [3.8, 4) is 0 Å². The fourth-order valence-corrected chi connectivity index (χ4v) is 7.20. The van der Waals surface area contributed by atoms with E-state index in [-0.39, 0.29) is 42.0 Å². The lowest BCUT2D eigenvalue weighted by Gasteiger charge is -2.59. The molecule has 4 rings (SSSR count). The maximum absolute atomic E-state index is 13.1. The van der Waals surface area contributed by atoms with Crippen LogP contribution in [-0.4, -0.2) is 53.3 Å². The predicted octanol–water partition coefficient (Wildman–Crippen LogP) is 4.44. The van der Waals surface area contributed by atoms with Gasteiger partial charge in [-0.1, -0.05) is 32.1 Å². The zero-order chi connectivity index (χ0) is 26.1. The van der Waals surface area contributed by atoms with Gasteiger partial charge in [0.15, 0.2) is 6.10 Å². The van der Waals surface area contributed by atoms with Crippen molar-refractivity contribution in [1.29, 1.82) is 0 Å². The third-order valence-corrected chi connectivity index (χ3v) is 9.64. The number of carbonyl (C=O) groups excluding carboxylic acids is 2. The van der Waals surface area contributed by atoms with Crippen molar-refractivity contribution < 1.29 is 33.7 Å². The minimum atomic E-state index is -0.768. The Balaban J connectivity index is 1.44. The van der Waals surface area contributed by atoms with Crippen molar-refractivity contribution >= 4 is 23.7 Å². The van der Waals surface area contributed by atoms with Crippen molar-refractivity contribution in [2.75, 3.05) is 19.0 Å². The molecule has 2 aliphatic carbocycles. The number of ether oxygens (including phenoxy) is 2. The van der Waals surface area contributed by atoms with Gasteiger partial charge in [-0.3, -0.25) is 4.79 Å². The number of carbonyl (C=O) groups is 2. The molecule has 0 bridgehead atoms. The van der Waals surface area contributed by atoms with Gasteiger partial charge < -0.3 is 19.7 Å². The van der Waals surface area contributed by atoms with Gasteiger partial charge in [0.05, 0.1) is 24.0 Å². The second-order valence-electron chi connectivity index (χ2n) is 10.7. The minimum Gasteiger partial charge on any atom is -0.458 e. The van der Waals surface area contributed by atoms with Crippen LogP contribution in [0.15, 0.2) is 53.0 Å². The van der Waals surface area contributed by atoms with E-state index in [9.17, 15) is 24.2 Å². The van der Waals surface area contributed by atoms with Crippen LogP contribution in [0.25, 0.3) is 0 Å². The molecule has 0 aromatic heterocycles. The molecule has 1 aromatic carbocycles. The summed E-state index contributed by atoms with van der Waals surface area (Å²) < 4.78 is 23.8. The number of halogens is 1. The van der Waals surface area contributed by atoms with E-state index in [1.165, 1.54) is 23.9 Å². The summed E-state index contributed by atoms with van der Waals surface area (Å²) in [5, 5.41) is 20.9. The fourth-order valence-electron chi connectivity index (χ4n) is 6.51. The van der Waals surface area contributed by atoms with Crippen LogP contribution in [0.2, 0.25) is 0 Å². The third-order valence-electron chi connectivity index (χ3n) is 8.66. The fraction of sp³-hybridized carbons (Fsp3) is 0.571. The molecule has 3 fully saturated rings. The minimum absolute atomic E-state index is 0.0160. The number of hydrogen-bond donors (Lipinski definition) is 2. The Hall–Kier alpha value is -2.16. The number of benzene rings is 1. The van der Waals surface area contributed by atoms with Crippen LogP contribution >= 0.6 is 11.8 Å². The first-order valence-corrected chi connectivity index (χ1v) is 13.5. The highest BCUT2D eigenvalue weighted by molar-refractivity contribution is 8.00. The average molecular weight is 519 g/mol. The van der Waals surface area contributed by atoms with Crippen molar-refractivity contribution in [2.24, 2.45) is 22.7 Å². The molecular weight excluding hydrogens is 483 g/mol. The van der Waals surface area contributed by atoms with Gasteiger partial charge >= 0.3 is 11.9 Å². The maximum Gasteiger partial charge on any atom is 0.337 e. The van der Waals surface area contributed by atoms with Gasteiger partial charge in [-0.2, -0.15) is 0 Å². The summed E-state index contributed by atoms with van der Waals surface area (Å²) in [6.45, 7) is 8.42. The van der Waals surface area contributed by atoms with Crippen molar-refractivity contribution in [1.82, 2.24) is 0 Å². The summed E-state index contributed by atoms with van der Waals surface area (Å²) in [5.74, 6) is -1.08. The van der Waals surface area contributed by atoms with E-state index >= 15 is 0 Å². The van der Waals surface area contributed by atoms with Crippen LogP contribution in [0.4, 0.5) is 4.39 Å². The number of fused-ring (bicyclic) bond motifs is 1. The molecule has 2 saturated carbocycles. The van der Waals surface area contributed by atoms with Gasteiger partial charge in [0.25, 0.3) is 0 Å². The van der Waals surface area contributed by atoms with Gasteiger partial charge in [-0.05, 0) is 73.6 Å². The number of esters is 2. The first-order valence-electron chi connectivity index (χ1n) is 12.5. The number of aliphatic hydroxyl groups is 2. The van der Waals surface area contributed by atoms with Gasteiger partial charge in [0.1, 0.15) is 12.4 Å². The number of cyclic esters (lactones) is 1. The summed E-state index contributed by atoms with van der Waals surface area (Å²) >= 11 is 1.23. The topological polar surface area (TPSA) is 93.1 Å². The Bertz CT molecular complexity index is 1040. The van der Waals surface area contributed by atoms with E-state index in [2.05, 4.69) is 13.5 Å². The molecule has 1 heterocycles. The van der Waals surface area contributed by atoms with Crippen LogP contribution in [0.3, 0.4) is 0 Å². The Kier molecular flexibility index (Phi) is 7.98. The molecule has 0 amide bonds. The molecule has 6 atom stereocenters. The Morgan fingerprint density at radius 1 is 1.31 bits per heavy atom. The number of rotatable bonds is 7. The Labute approximate surface area is 215 Å². The van der Waals surface area contributed by atoms with E-state index < -0.39 is 29.6 Å². The molecule has 1 saturated heterocycles. The lowest BCUT2D eigenvalue weighted by Crippen LogP contribution is -2.57. The lowest BCUT2D eigenvalue weighted by atomic mass is 9.46. The normalized spacial score (nSPS) is 35.4. The third kappa shape index (κ3) is 5.13. The van der Waals surface area contributed by atoms with Gasteiger partial charge in [0.2, 0.25) is 0 Å². The Morgan fingerprint density at radius 2 is 2.03 bits per heavy atom. The highest BCUT2D eigenvalue weighted by Crippen LogP contribution is 2.61. The molecule has 0 spiro atoms. The molecule has 8 heteroatoms. The van der Waals surface area contributed by atoms with Crippen LogP contribution in [0, 0.1) is 28.5 Å². The zero-order valence-electron chi connectivity index (χ0n) is 20.9. The quantitative estimate of drug-likeness (QED) is 0.239. The summed E-state index contributed by atoms with van der Waals surface area (Å²) in [6.07, 6.45) is 4.15. The number of thioether (sulfide) groups is 1. The summed E-state index contributed by atoms with van der Waals surface area (Å²) in [5.41, 5.74) is 0.696. The highest BCUT2D eigenvalue weighted by atomic mass is 32.2. The molecule has 6 nitrogen and oxygen atoms in total. The molecule has 36 heavy (non-hydrogen) atoms. The van der Waals surface area contributed by atoms with Gasteiger partial charge in [-0.25, -0.2) is 9.18 Å². The van der Waals surface area contributed by atoms with E-state index in [0.29, 0.717) is 18.4 Å². The van der Waals surface area contributed by atoms with Crippen molar-refractivity contribution in [3.63, 3.8) is 0 Å². The largest absolute Gasteiger partial charge is 0.458 e. The molecule has 196 valence electrons. The van der Waals surface area contributed by atoms with E-state index in [1.807, 2.05) is 13.0 Å². The molecule has 1 aromatic rings. The van der Waals surface area contributed by atoms with Crippen molar-refractivity contribution in [2.45, 2.75) is 63.1 Å². The van der Waals surface area contributed by atoms with E-state index in [4.69, 9.17) is 9.47 Å². The van der Waals surface area contributed by atoms with Crippen LogP contribution in [0.5, 0.6) is 0 Å². The second kappa shape index (κ2) is 10.7. The standard InChI is InChI=1S/C28H35FO6S/c1-17-4-11-23-27(2,13-12-24(31)28(23,3)16-30)21(17)10-9-20-22(14-34-26(20)33)35-25(32)15-36-19-7-5-18(29)6-8-19/h5-9,21-24,30-31H,1,4,10-16H2,2-3H3/b20-9+/t21-,22?,23+,24-,27+,28+/m1/s1. The molecule has 3 aliphatic rings. The lowest BCUT2D eigenvalue weighted by molar-refractivity contribution is -0.151. The molecule has 2 N–H and O–H groups in total. The number of aliphatic hydroxyl groups excluding tert-OH is 2. The number of allylic oxidation sites excluding steroid dienone is 2. The summed E-state index contributed by atoms with van der Waals surface area (Å²) in [7, 11) is 0. The number of hydrogen-bond acceptors (Lipinski definition) is 7. The van der Waals surface area contributed by atoms with Gasteiger partial charge in [-0.15, -0.1) is 11.8 Å².